The van der Waals surface area contributed by atoms with Crippen molar-refractivity contribution in [1.29, 1.82) is 0 Å². The SMILES string of the molecule is C[CH-]n1c(C)cc(OC)c(N)c1=O.[Y]. The zero-order valence-electron chi connectivity index (χ0n) is 8.57. The third kappa shape index (κ3) is 2.31. The molecule has 0 bridgehead atoms. The first-order chi connectivity index (χ1) is 6.11. The second kappa shape index (κ2) is 5.42. The predicted molar refractivity (Wildman–Crippen MR) is 51.8 cm³/mol. The van der Waals surface area contributed by atoms with Gasteiger partial charge in [-0.25, -0.2) is 0 Å². The van der Waals surface area contributed by atoms with E-state index in [4.69, 9.17) is 10.5 Å². The minimum absolute atomic E-state index is 0. The number of rotatable bonds is 2. The van der Waals surface area contributed by atoms with Crippen LogP contribution in [0.2, 0.25) is 0 Å². The summed E-state index contributed by atoms with van der Waals surface area (Å²) in [7, 11) is 1.49. The van der Waals surface area contributed by atoms with E-state index in [2.05, 4.69) is 0 Å². The van der Waals surface area contributed by atoms with Crippen LogP contribution in [0.5, 0.6) is 5.75 Å². The topological polar surface area (TPSA) is 57.2 Å². The van der Waals surface area contributed by atoms with Crippen molar-refractivity contribution in [2.75, 3.05) is 12.8 Å². The molecule has 75 valence electrons. The third-order valence-corrected chi connectivity index (χ3v) is 1.91. The number of pyridine rings is 1. The Kier molecular flexibility index (Phi) is 5.23. The molecule has 0 atom stereocenters. The van der Waals surface area contributed by atoms with Crippen LogP contribution >= 0.6 is 0 Å². The first-order valence-electron chi connectivity index (χ1n) is 3.97. The van der Waals surface area contributed by atoms with Crippen molar-refractivity contribution in [2.45, 2.75) is 13.8 Å². The fourth-order valence-corrected chi connectivity index (χ4v) is 1.22. The van der Waals surface area contributed by atoms with Crippen LogP contribution in [0.25, 0.3) is 0 Å². The number of nitrogens with zero attached hydrogens (tertiary/aromatic N) is 1. The molecule has 1 radical (unpaired) electrons. The minimum Gasteiger partial charge on any atom is -0.497 e. The van der Waals surface area contributed by atoms with E-state index in [0.29, 0.717) is 5.75 Å². The Bertz CT molecular complexity index is 374. The second-order valence-electron chi connectivity index (χ2n) is 2.70. The van der Waals surface area contributed by atoms with Crippen LogP contribution in [0.4, 0.5) is 5.69 Å². The summed E-state index contributed by atoms with van der Waals surface area (Å²) in [5, 5.41) is 0. The molecule has 0 aliphatic carbocycles. The Morgan fingerprint density at radius 2 is 2.14 bits per heavy atom. The molecule has 0 aromatic carbocycles. The van der Waals surface area contributed by atoms with Crippen molar-refractivity contribution in [2.24, 2.45) is 0 Å². The number of nitrogen functional groups attached to an aromatic ring is 1. The predicted octanol–water partition coefficient (Wildman–Crippen LogP) is 0.775. The number of methoxy groups -OCH3 is 1. The average Bonchev–Trinajstić information content (AvgIpc) is 2.12. The molecule has 1 heterocycles. The van der Waals surface area contributed by atoms with Gasteiger partial charge in [-0.2, -0.15) is 0 Å². The van der Waals surface area contributed by atoms with Gasteiger partial charge in [-0.05, 0) is 0 Å². The van der Waals surface area contributed by atoms with E-state index >= 15 is 0 Å². The largest absolute Gasteiger partial charge is 0.497 e. The molecule has 2 N–H and O–H groups in total. The van der Waals surface area contributed by atoms with E-state index < -0.39 is 0 Å². The van der Waals surface area contributed by atoms with E-state index in [9.17, 15) is 4.79 Å². The fraction of sp³-hybridized carbons (Fsp3) is 0.333. The quantitative estimate of drug-likeness (QED) is 0.808. The van der Waals surface area contributed by atoms with E-state index in [1.165, 1.54) is 11.7 Å². The van der Waals surface area contributed by atoms with Gasteiger partial charge in [0.15, 0.2) is 5.56 Å². The molecule has 0 aliphatic heterocycles. The molecule has 1 rings (SSSR count). The molecular weight excluding hydrogens is 257 g/mol. The fourth-order valence-electron chi connectivity index (χ4n) is 1.22. The van der Waals surface area contributed by atoms with Gasteiger partial charge in [-0.1, -0.05) is 25.6 Å². The third-order valence-electron chi connectivity index (χ3n) is 1.91. The zero-order chi connectivity index (χ0) is 10.0. The summed E-state index contributed by atoms with van der Waals surface area (Å²) in [6.07, 6.45) is 0. The summed E-state index contributed by atoms with van der Waals surface area (Å²) in [4.78, 5) is 11.5. The summed E-state index contributed by atoms with van der Waals surface area (Å²) >= 11 is 0. The molecule has 1 aromatic heterocycles. The molecule has 0 fully saturated rings. The van der Waals surface area contributed by atoms with Crippen molar-refractivity contribution in [1.82, 2.24) is 4.57 Å². The number of aromatic nitrogens is 1. The Morgan fingerprint density at radius 1 is 1.57 bits per heavy atom. The number of hydrogen-bond acceptors (Lipinski definition) is 3. The standard InChI is InChI=1S/C9H13N2O2.Y/c1-4-11-6(2)5-7(13-3)8(10)9(11)12;/h4-5H,10H2,1-3H3;/q-1;. The molecule has 0 saturated heterocycles. The van der Waals surface area contributed by atoms with Crippen molar-refractivity contribution in [3.8, 4) is 5.75 Å². The summed E-state index contributed by atoms with van der Waals surface area (Å²) in [5.74, 6) is 0.431. The van der Waals surface area contributed by atoms with Gasteiger partial charge < -0.3 is 19.8 Å². The summed E-state index contributed by atoms with van der Waals surface area (Å²) in [5.41, 5.74) is 6.27. The second-order valence-corrected chi connectivity index (χ2v) is 2.70. The summed E-state index contributed by atoms with van der Waals surface area (Å²) < 4.78 is 6.44. The Hall–Kier alpha value is -0.476. The van der Waals surface area contributed by atoms with Crippen molar-refractivity contribution >= 4 is 5.69 Å². The van der Waals surface area contributed by atoms with Gasteiger partial charge in [-0.15, -0.1) is 6.54 Å². The molecular formula is C9H13N2O2Y-. The van der Waals surface area contributed by atoms with Crippen molar-refractivity contribution in [3.05, 3.63) is 28.7 Å². The number of aryl methyl sites for hydroxylation is 1. The number of ether oxygens (including phenoxy) is 1. The van der Waals surface area contributed by atoms with Gasteiger partial charge in [0.1, 0.15) is 5.75 Å². The monoisotopic (exact) mass is 270 g/mol. The van der Waals surface area contributed by atoms with Crippen LogP contribution in [0.15, 0.2) is 10.9 Å². The zero-order valence-corrected chi connectivity index (χ0v) is 11.4. The normalized spacial score (nSPS) is 9.07. The van der Waals surface area contributed by atoms with Gasteiger partial charge in [0.05, 0.1) is 12.8 Å². The Morgan fingerprint density at radius 3 is 2.57 bits per heavy atom. The maximum Gasteiger partial charge on any atom is 0.167 e. The van der Waals surface area contributed by atoms with Crippen LogP contribution in [0.1, 0.15) is 12.6 Å². The number of nitrogens with two attached hydrogens (primary N) is 1. The molecule has 14 heavy (non-hydrogen) atoms. The van der Waals surface area contributed by atoms with Crippen LogP contribution in [-0.2, 0) is 32.7 Å². The molecule has 0 saturated carbocycles. The molecule has 0 amide bonds. The van der Waals surface area contributed by atoms with E-state index in [1.807, 2.05) is 6.92 Å². The van der Waals surface area contributed by atoms with Crippen molar-refractivity contribution < 1.29 is 37.4 Å². The van der Waals surface area contributed by atoms with Gasteiger partial charge in [-0.3, -0.25) is 0 Å². The Balaban J connectivity index is 0.00000169. The van der Waals surface area contributed by atoms with E-state index in [-0.39, 0.29) is 44.0 Å². The maximum atomic E-state index is 11.5. The number of hydrogen-bond donors (Lipinski definition) is 1. The van der Waals surface area contributed by atoms with Crippen LogP contribution in [0, 0.1) is 13.5 Å². The molecule has 0 unspecified atom stereocenters. The van der Waals surface area contributed by atoms with E-state index in [0.717, 1.165) is 5.69 Å². The molecule has 4 nitrogen and oxygen atoms in total. The van der Waals surface area contributed by atoms with Gasteiger partial charge in [0.25, 0.3) is 0 Å². The smallest absolute Gasteiger partial charge is 0.167 e. The van der Waals surface area contributed by atoms with Crippen LogP contribution < -0.4 is 16.0 Å². The first kappa shape index (κ1) is 13.5. The molecule has 0 aliphatic rings. The van der Waals surface area contributed by atoms with Crippen LogP contribution in [0.3, 0.4) is 0 Å². The summed E-state index contributed by atoms with van der Waals surface area (Å²) in [6, 6.07) is 1.73. The number of anilines is 1. The minimum atomic E-state index is -0.237. The Labute approximate surface area is 108 Å². The molecule has 1 aromatic rings. The molecule has 5 heteroatoms. The van der Waals surface area contributed by atoms with Gasteiger partial charge in [0.2, 0.25) is 0 Å². The first-order valence-corrected chi connectivity index (χ1v) is 3.97. The van der Waals surface area contributed by atoms with E-state index in [1.54, 1.807) is 19.5 Å². The van der Waals surface area contributed by atoms with Gasteiger partial charge >= 0.3 is 0 Å². The average molecular weight is 270 g/mol. The molecule has 0 spiro atoms. The maximum absolute atomic E-state index is 11.5. The van der Waals surface area contributed by atoms with Crippen LogP contribution in [-0.4, -0.2) is 11.7 Å². The summed E-state index contributed by atoms with van der Waals surface area (Å²) in [6.45, 7) is 5.27. The van der Waals surface area contributed by atoms with Crippen molar-refractivity contribution in [3.63, 3.8) is 0 Å². The van der Waals surface area contributed by atoms with Gasteiger partial charge in [0, 0.05) is 32.7 Å².